The summed E-state index contributed by atoms with van der Waals surface area (Å²) in [6.07, 6.45) is 4.88. The highest BCUT2D eigenvalue weighted by atomic mass is 32.2. The van der Waals surface area contributed by atoms with Crippen molar-refractivity contribution in [3.05, 3.63) is 83.6 Å². The third-order valence-corrected chi connectivity index (χ3v) is 8.95. The summed E-state index contributed by atoms with van der Waals surface area (Å²) in [5, 5.41) is 12.9. The molecule has 41 heavy (non-hydrogen) atoms. The molecule has 4 N–H and O–H groups in total. The molecule has 2 aliphatic rings. The molecule has 1 aromatic carbocycles. The molecule has 2 amide bonds. The van der Waals surface area contributed by atoms with Gasteiger partial charge < -0.3 is 25.3 Å². The molecular weight excluding hydrogens is 548 g/mol. The number of carbonyl (C=O) groups is 2. The predicted molar refractivity (Wildman–Crippen MR) is 150 cm³/mol. The van der Waals surface area contributed by atoms with Crippen LogP contribution in [-0.4, -0.2) is 77.6 Å². The number of nitrogens with zero attached hydrogens (tertiary/aromatic N) is 4. The molecule has 6 rings (SSSR count). The fourth-order valence-electron chi connectivity index (χ4n) is 4.92. The number of anilines is 3. The average molecular weight is 577 g/mol. The van der Waals surface area contributed by atoms with E-state index < -0.39 is 21.8 Å². The molecule has 13 nitrogen and oxygen atoms in total. The van der Waals surface area contributed by atoms with E-state index in [1.54, 1.807) is 36.5 Å². The van der Waals surface area contributed by atoms with Crippen LogP contribution in [0.5, 0.6) is 0 Å². The van der Waals surface area contributed by atoms with Gasteiger partial charge in [-0.3, -0.25) is 19.7 Å². The van der Waals surface area contributed by atoms with Crippen LogP contribution in [0.2, 0.25) is 0 Å². The third kappa shape index (κ3) is 5.44. The van der Waals surface area contributed by atoms with Crippen molar-refractivity contribution in [3.8, 4) is 0 Å². The molecule has 0 bridgehead atoms. The van der Waals surface area contributed by atoms with Gasteiger partial charge in [0.15, 0.2) is 5.82 Å². The molecule has 0 radical (unpaired) electrons. The van der Waals surface area contributed by atoms with E-state index in [1.807, 2.05) is 6.07 Å². The van der Waals surface area contributed by atoms with Crippen LogP contribution in [-0.2, 0) is 27.7 Å². The van der Waals surface area contributed by atoms with Crippen molar-refractivity contribution in [3.63, 3.8) is 0 Å². The summed E-state index contributed by atoms with van der Waals surface area (Å²) in [6, 6.07) is 11.7. The Kier molecular flexibility index (Phi) is 7.26. The first kappa shape index (κ1) is 26.7. The normalized spacial score (nSPS) is 15.8. The van der Waals surface area contributed by atoms with Gasteiger partial charge in [0.2, 0.25) is 10.0 Å². The summed E-state index contributed by atoms with van der Waals surface area (Å²) in [7, 11) is -3.78. The van der Waals surface area contributed by atoms with Crippen LogP contribution in [0.4, 0.5) is 17.2 Å². The summed E-state index contributed by atoms with van der Waals surface area (Å²) in [5.41, 5.74) is 3.09. The summed E-state index contributed by atoms with van der Waals surface area (Å²) < 4.78 is 33.2. The SMILES string of the molecule is O=C(Nc1cc(N2CCOCC2)ccc1C(=O)Nc1n[nH]c2c1CN(S(=O)(=O)c1cccnc1)CC2)c1ccc[nH]1. The van der Waals surface area contributed by atoms with Gasteiger partial charge in [-0.05, 0) is 42.5 Å². The number of aromatic amines is 2. The van der Waals surface area contributed by atoms with E-state index in [0.29, 0.717) is 49.7 Å². The zero-order chi connectivity index (χ0) is 28.4. The van der Waals surface area contributed by atoms with Gasteiger partial charge >= 0.3 is 0 Å². The number of hydrogen-bond acceptors (Lipinski definition) is 8. The number of aromatic nitrogens is 4. The van der Waals surface area contributed by atoms with Crippen LogP contribution in [0.3, 0.4) is 0 Å². The van der Waals surface area contributed by atoms with Gasteiger partial charge in [-0.25, -0.2) is 8.42 Å². The number of benzene rings is 1. The molecule has 0 saturated carbocycles. The smallest absolute Gasteiger partial charge is 0.272 e. The molecule has 0 aliphatic carbocycles. The molecule has 0 atom stereocenters. The molecule has 2 aliphatic heterocycles. The van der Waals surface area contributed by atoms with E-state index in [0.717, 1.165) is 11.4 Å². The Hall–Kier alpha value is -4.53. The molecule has 5 heterocycles. The van der Waals surface area contributed by atoms with E-state index in [-0.39, 0.29) is 29.4 Å². The van der Waals surface area contributed by atoms with Gasteiger partial charge in [0, 0.05) is 68.1 Å². The van der Waals surface area contributed by atoms with Gasteiger partial charge in [0.1, 0.15) is 10.6 Å². The molecule has 1 fully saturated rings. The molecule has 0 spiro atoms. The number of ether oxygens (including phenoxy) is 1. The molecule has 4 aromatic rings. The first-order chi connectivity index (χ1) is 19.9. The van der Waals surface area contributed by atoms with Crippen LogP contribution in [0.25, 0.3) is 0 Å². The summed E-state index contributed by atoms with van der Waals surface area (Å²) >= 11 is 0. The van der Waals surface area contributed by atoms with E-state index >= 15 is 0 Å². The Morgan fingerprint density at radius 2 is 1.85 bits per heavy atom. The number of fused-ring (bicyclic) bond motifs is 1. The Morgan fingerprint density at radius 3 is 2.61 bits per heavy atom. The second-order valence-corrected chi connectivity index (χ2v) is 11.6. The van der Waals surface area contributed by atoms with Crippen molar-refractivity contribution in [2.75, 3.05) is 48.4 Å². The minimum atomic E-state index is -3.78. The van der Waals surface area contributed by atoms with Crippen LogP contribution in [0.15, 0.2) is 66.0 Å². The lowest BCUT2D eigenvalue weighted by Crippen LogP contribution is -2.36. The van der Waals surface area contributed by atoms with Crippen LogP contribution < -0.4 is 15.5 Å². The number of carbonyl (C=O) groups excluding carboxylic acids is 2. The summed E-state index contributed by atoms with van der Waals surface area (Å²) in [5.74, 6) is -0.659. The molecule has 3 aromatic heterocycles. The van der Waals surface area contributed by atoms with Crippen LogP contribution in [0.1, 0.15) is 32.1 Å². The van der Waals surface area contributed by atoms with E-state index in [4.69, 9.17) is 4.74 Å². The van der Waals surface area contributed by atoms with Crippen molar-refractivity contribution >= 4 is 39.0 Å². The fourth-order valence-corrected chi connectivity index (χ4v) is 6.29. The second-order valence-electron chi connectivity index (χ2n) is 9.63. The van der Waals surface area contributed by atoms with Crippen LogP contribution >= 0.6 is 0 Å². The largest absolute Gasteiger partial charge is 0.378 e. The Balaban J connectivity index is 1.26. The predicted octanol–water partition coefficient (Wildman–Crippen LogP) is 2.22. The minimum absolute atomic E-state index is 0.0328. The fraction of sp³-hybridized carbons (Fsp3) is 0.259. The zero-order valence-electron chi connectivity index (χ0n) is 22.0. The lowest BCUT2D eigenvalue weighted by Gasteiger charge is -2.29. The topological polar surface area (TPSA) is 165 Å². The first-order valence-corrected chi connectivity index (χ1v) is 14.5. The maximum Gasteiger partial charge on any atom is 0.272 e. The minimum Gasteiger partial charge on any atom is -0.378 e. The van der Waals surface area contributed by atoms with Gasteiger partial charge in [-0.2, -0.15) is 9.40 Å². The monoisotopic (exact) mass is 576 g/mol. The number of H-pyrrole nitrogens is 2. The van der Waals surface area contributed by atoms with Gasteiger partial charge in [0.05, 0.1) is 24.5 Å². The van der Waals surface area contributed by atoms with Crippen molar-refractivity contribution in [1.29, 1.82) is 0 Å². The van der Waals surface area contributed by atoms with Crippen LogP contribution in [0, 0.1) is 0 Å². The first-order valence-electron chi connectivity index (χ1n) is 13.1. The second kappa shape index (κ2) is 11.2. The van der Waals surface area contributed by atoms with Crippen molar-refractivity contribution in [2.24, 2.45) is 0 Å². The highest BCUT2D eigenvalue weighted by Crippen LogP contribution is 2.30. The number of rotatable bonds is 7. The standard InChI is InChI=1S/C27H28N8O5S/c36-26(31-25-21-17-35(10-7-22(21)32-33-25)41(38,39)19-3-1-8-28-16-19)20-6-5-18(34-11-13-40-14-12-34)15-24(20)30-27(37)23-4-2-9-29-23/h1-6,8-9,15-16,29H,7,10-14,17H2,(H,30,37)(H2,31,32,33,36). The van der Waals surface area contributed by atoms with Crippen molar-refractivity contribution in [2.45, 2.75) is 17.9 Å². The highest BCUT2D eigenvalue weighted by Gasteiger charge is 2.32. The maximum absolute atomic E-state index is 13.6. The molecule has 212 valence electrons. The number of pyridine rings is 1. The number of amides is 2. The number of morpholine rings is 1. The lowest BCUT2D eigenvalue weighted by atomic mass is 10.1. The average Bonchev–Trinajstić information content (AvgIpc) is 3.69. The Morgan fingerprint density at radius 1 is 1.00 bits per heavy atom. The summed E-state index contributed by atoms with van der Waals surface area (Å²) in [6.45, 7) is 2.85. The summed E-state index contributed by atoms with van der Waals surface area (Å²) in [4.78, 5) is 35.5. The zero-order valence-corrected chi connectivity index (χ0v) is 22.8. The maximum atomic E-state index is 13.6. The Bertz CT molecular complexity index is 1660. The molecule has 14 heteroatoms. The van der Waals surface area contributed by atoms with Gasteiger partial charge in [0.25, 0.3) is 11.8 Å². The Labute approximate surface area is 236 Å². The molecular formula is C27H28N8O5S. The quantitative estimate of drug-likeness (QED) is 0.260. The number of nitrogens with one attached hydrogen (secondary N) is 4. The van der Waals surface area contributed by atoms with Crippen molar-refractivity contribution < 1.29 is 22.7 Å². The molecule has 0 unspecified atom stereocenters. The number of hydrogen-bond donors (Lipinski definition) is 4. The third-order valence-electron chi connectivity index (χ3n) is 7.12. The van der Waals surface area contributed by atoms with E-state index in [1.165, 1.54) is 22.8 Å². The van der Waals surface area contributed by atoms with Crippen molar-refractivity contribution in [1.82, 2.24) is 24.5 Å². The highest BCUT2D eigenvalue weighted by molar-refractivity contribution is 7.89. The van der Waals surface area contributed by atoms with Gasteiger partial charge in [-0.1, -0.05) is 0 Å². The molecule has 1 saturated heterocycles. The number of sulfonamides is 1. The van der Waals surface area contributed by atoms with E-state index in [2.05, 4.69) is 35.7 Å². The van der Waals surface area contributed by atoms with Gasteiger partial charge in [-0.15, -0.1) is 0 Å². The lowest BCUT2D eigenvalue weighted by molar-refractivity contribution is 0.102. The van der Waals surface area contributed by atoms with E-state index in [9.17, 15) is 18.0 Å².